The normalized spacial score (nSPS) is 17.5. The van der Waals surface area contributed by atoms with Crippen molar-refractivity contribution in [2.75, 3.05) is 13.1 Å². The zero-order valence-corrected chi connectivity index (χ0v) is 6.73. The summed E-state index contributed by atoms with van der Waals surface area (Å²) in [5.41, 5.74) is 5.14. The monoisotopic (exact) mass is 186 g/mol. The zero-order valence-electron chi connectivity index (χ0n) is 6.73. The summed E-state index contributed by atoms with van der Waals surface area (Å²) in [5, 5.41) is 10.9. The molecule has 0 aromatic carbocycles. The largest absolute Gasteiger partial charge is 0.415 e. The number of halogens is 3. The number of hydrogen-bond acceptors (Lipinski definition) is 3. The molecule has 0 radical (unpaired) electrons. The first-order chi connectivity index (χ1) is 5.38. The molecule has 0 spiro atoms. The Bertz CT molecular complexity index is 128. The van der Waals surface area contributed by atoms with Crippen LogP contribution in [-0.2, 0) is 0 Å². The topological polar surface area (TPSA) is 58.3 Å². The maximum Gasteiger partial charge on any atom is 0.415 e. The van der Waals surface area contributed by atoms with Crippen LogP contribution in [0.5, 0.6) is 0 Å². The van der Waals surface area contributed by atoms with Crippen LogP contribution >= 0.6 is 0 Å². The van der Waals surface area contributed by atoms with E-state index in [1.54, 1.807) is 6.92 Å². The maximum atomic E-state index is 11.7. The summed E-state index contributed by atoms with van der Waals surface area (Å²) in [6, 6.07) is -0.220. The van der Waals surface area contributed by atoms with Crippen molar-refractivity contribution >= 4 is 0 Å². The van der Waals surface area contributed by atoms with Gasteiger partial charge in [0.1, 0.15) is 0 Å². The molecule has 6 heteroatoms. The van der Waals surface area contributed by atoms with E-state index in [-0.39, 0.29) is 12.6 Å². The first-order valence-corrected chi connectivity index (χ1v) is 3.56. The van der Waals surface area contributed by atoms with Gasteiger partial charge < -0.3 is 16.2 Å². The molecule has 0 aromatic heterocycles. The van der Waals surface area contributed by atoms with E-state index >= 15 is 0 Å². The predicted molar refractivity (Wildman–Crippen MR) is 38.6 cm³/mol. The lowest BCUT2D eigenvalue weighted by atomic mass is 10.3. The van der Waals surface area contributed by atoms with Gasteiger partial charge in [-0.25, -0.2) is 0 Å². The predicted octanol–water partition coefficient (Wildman–Crippen LogP) is -0.154. The average Bonchev–Trinajstić information content (AvgIpc) is 1.97. The van der Waals surface area contributed by atoms with Gasteiger partial charge in [-0.05, 0) is 6.92 Å². The third-order valence-corrected chi connectivity index (χ3v) is 1.39. The Hall–Kier alpha value is -0.330. The summed E-state index contributed by atoms with van der Waals surface area (Å²) in [7, 11) is 0. The molecular formula is C6H13F3N2O. The molecule has 0 saturated heterocycles. The van der Waals surface area contributed by atoms with E-state index in [0.29, 0.717) is 0 Å². The number of hydrogen-bond donors (Lipinski definition) is 3. The molecule has 3 nitrogen and oxygen atoms in total. The van der Waals surface area contributed by atoms with E-state index in [2.05, 4.69) is 5.32 Å². The number of aliphatic hydroxyl groups is 1. The highest BCUT2D eigenvalue weighted by atomic mass is 19.4. The van der Waals surface area contributed by atoms with Crippen molar-refractivity contribution in [3.8, 4) is 0 Å². The second-order valence-electron chi connectivity index (χ2n) is 2.60. The van der Waals surface area contributed by atoms with Crippen LogP contribution in [0.2, 0.25) is 0 Å². The molecule has 0 bridgehead atoms. The second kappa shape index (κ2) is 4.64. The molecule has 12 heavy (non-hydrogen) atoms. The Labute approximate surface area is 68.7 Å². The Balaban J connectivity index is 3.64. The molecule has 0 saturated carbocycles. The molecule has 4 N–H and O–H groups in total. The summed E-state index contributed by atoms with van der Waals surface area (Å²) < 4.78 is 35.0. The fourth-order valence-electron chi connectivity index (χ4n) is 0.512. The van der Waals surface area contributed by atoms with Crippen LogP contribution < -0.4 is 11.1 Å². The Morgan fingerprint density at radius 3 is 2.33 bits per heavy atom. The summed E-state index contributed by atoms with van der Waals surface area (Å²) in [6.45, 7) is 1.37. The number of nitrogens with two attached hydrogens (primary N) is 1. The van der Waals surface area contributed by atoms with Crippen molar-refractivity contribution in [1.82, 2.24) is 5.32 Å². The minimum absolute atomic E-state index is 0.220. The number of aliphatic hydroxyl groups excluding tert-OH is 1. The number of rotatable bonds is 4. The lowest BCUT2D eigenvalue weighted by Crippen LogP contribution is -2.43. The molecule has 0 fully saturated rings. The number of nitrogens with one attached hydrogen (secondary N) is 1. The molecule has 0 heterocycles. The fourth-order valence-corrected chi connectivity index (χ4v) is 0.512. The van der Waals surface area contributed by atoms with Gasteiger partial charge in [-0.15, -0.1) is 0 Å². The van der Waals surface area contributed by atoms with Crippen molar-refractivity contribution in [2.24, 2.45) is 5.73 Å². The fraction of sp³-hybridized carbons (Fsp3) is 1.00. The van der Waals surface area contributed by atoms with Crippen LogP contribution in [0.3, 0.4) is 0 Å². The highest BCUT2D eigenvalue weighted by molar-refractivity contribution is 4.70. The van der Waals surface area contributed by atoms with E-state index < -0.39 is 18.8 Å². The summed E-state index contributed by atoms with van der Waals surface area (Å²) in [5.74, 6) is 0. The van der Waals surface area contributed by atoms with Crippen LogP contribution in [0.4, 0.5) is 13.2 Å². The third-order valence-electron chi connectivity index (χ3n) is 1.39. The van der Waals surface area contributed by atoms with Gasteiger partial charge in [0.25, 0.3) is 0 Å². The zero-order chi connectivity index (χ0) is 9.78. The quantitative estimate of drug-likeness (QED) is 0.572. The smallest absolute Gasteiger partial charge is 0.382 e. The highest BCUT2D eigenvalue weighted by Crippen LogP contribution is 2.19. The van der Waals surface area contributed by atoms with Crippen LogP contribution in [0, 0.1) is 0 Å². The molecule has 0 aliphatic rings. The minimum Gasteiger partial charge on any atom is -0.382 e. The maximum absolute atomic E-state index is 11.7. The first kappa shape index (κ1) is 11.7. The summed E-state index contributed by atoms with van der Waals surface area (Å²) in [4.78, 5) is 0. The number of alkyl halides is 3. The van der Waals surface area contributed by atoms with E-state index in [1.807, 2.05) is 0 Å². The van der Waals surface area contributed by atoms with Gasteiger partial charge in [-0.3, -0.25) is 0 Å². The Morgan fingerprint density at radius 2 is 2.00 bits per heavy atom. The van der Waals surface area contributed by atoms with Crippen LogP contribution in [0.15, 0.2) is 0 Å². The molecule has 0 aliphatic carbocycles. The van der Waals surface area contributed by atoms with Gasteiger partial charge in [0.15, 0.2) is 6.10 Å². The van der Waals surface area contributed by atoms with Gasteiger partial charge in [-0.1, -0.05) is 0 Å². The Kier molecular flexibility index (Phi) is 4.51. The van der Waals surface area contributed by atoms with Crippen LogP contribution in [-0.4, -0.2) is 36.5 Å². The lowest BCUT2D eigenvalue weighted by Gasteiger charge is -2.17. The van der Waals surface area contributed by atoms with Gasteiger partial charge >= 0.3 is 6.18 Å². The summed E-state index contributed by atoms with van der Waals surface area (Å²) >= 11 is 0. The molecule has 0 rings (SSSR count). The van der Waals surface area contributed by atoms with Crippen molar-refractivity contribution in [3.05, 3.63) is 0 Å². The molecule has 0 aliphatic heterocycles. The summed E-state index contributed by atoms with van der Waals surface area (Å²) in [6.07, 6.45) is -6.87. The van der Waals surface area contributed by atoms with Crippen molar-refractivity contribution < 1.29 is 18.3 Å². The van der Waals surface area contributed by atoms with Crippen molar-refractivity contribution in [2.45, 2.75) is 25.2 Å². The van der Waals surface area contributed by atoms with Crippen molar-refractivity contribution in [3.63, 3.8) is 0 Å². The van der Waals surface area contributed by atoms with E-state index in [0.717, 1.165) is 0 Å². The standard InChI is InChI=1S/C6H13F3N2O/c1-4(2-10)11-3-5(12)6(7,8)9/h4-5,11-12H,2-3,10H2,1H3. The van der Waals surface area contributed by atoms with Crippen LogP contribution in [0.25, 0.3) is 0 Å². The molecule has 0 amide bonds. The lowest BCUT2D eigenvalue weighted by molar-refractivity contribution is -0.202. The highest BCUT2D eigenvalue weighted by Gasteiger charge is 2.37. The van der Waals surface area contributed by atoms with Crippen molar-refractivity contribution in [1.29, 1.82) is 0 Å². The van der Waals surface area contributed by atoms with Gasteiger partial charge in [0, 0.05) is 19.1 Å². The molecule has 0 aromatic rings. The first-order valence-electron chi connectivity index (χ1n) is 3.56. The third kappa shape index (κ3) is 4.53. The molecule has 74 valence electrons. The van der Waals surface area contributed by atoms with E-state index in [9.17, 15) is 13.2 Å². The van der Waals surface area contributed by atoms with E-state index in [4.69, 9.17) is 10.8 Å². The molecular weight excluding hydrogens is 173 g/mol. The Morgan fingerprint density at radius 1 is 1.50 bits per heavy atom. The van der Waals surface area contributed by atoms with E-state index in [1.165, 1.54) is 0 Å². The average molecular weight is 186 g/mol. The molecule has 2 atom stereocenters. The molecule has 2 unspecified atom stereocenters. The van der Waals surface area contributed by atoms with Gasteiger partial charge in [-0.2, -0.15) is 13.2 Å². The van der Waals surface area contributed by atoms with Crippen LogP contribution in [0.1, 0.15) is 6.92 Å². The second-order valence-corrected chi connectivity index (χ2v) is 2.60. The SMILES string of the molecule is CC(CN)NCC(O)C(F)(F)F. The van der Waals surface area contributed by atoms with Gasteiger partial charge in [0.2, 0.25) is 0 Å². The van der Waals surface area contributed by atoms with Gasteiger partial charge in [0.05, 0.1) is 0 Å². The minimum atomic E-state index is -4.55.